The molecule has 4 N–H and O–H groups in total. The first-order chi connectivity index (χ1) is 17.4. The van der Waals surface area contributed by atoms with Gasteiger partial charge in [0.2, 0.25) is 11.6 Å². The van der Waals surface area contributed by atoms with Crippen LogP contribution >= 0.6 is 0 Å². The zero-order chi connectivity index (χ0) is 29.0. The summed E-state index contributed by atoms with van der Waals surface area (Å²) in [6.45, 7) is 23.7. The molecule has 1 aliphatic rings. The van der Waals surface area contributed by atoms with Crippen LogP contribution in [0.2, 0.25) is 0 Å². The van der Waals surface area contributed by atoms with Crippen LogP contribution in [0.15, 0.2) is 31.5 Å². The van der Waals surface area contributed by atoms with Gasteiger partial charge in [0.25, 0.3) is 0 Å². The van der Waals surface area contributed by atoms with Crippen molar-refractivity contribution in [3.8, 4) is 5.75 Å². The number of aromatic hydroxyl groups is 1. The van der Waals surface area contributed by atoms with Gasteiger partial charge in [-0.25, -0.2) is 8.78 Å². The third-order valence-electron chi connectivity index (χ3n) is 5.33. The minimum Gasteiger partial charge on any atom is -0.503 e. The topological polar surface area (TPSA) is 88.7 Å². The van der Waals surface area contributed by atoms with Gasteiger partial charge in [0.1, 0.15) is 0 Å². The fourth-order valence-electron chi connectivity index (χ4n) is 3.17. The molecule has 1 aromatic rings. The molecule has 0 aromatic heterocycles. The molecule has 0 radical (unpaired) electrons. The Morgan fingerprint density at radius 2 is 1.70 bits per heavy atom. The molecule has 0 bridgehead atoms. The Morgan fingerprint density at radius 1 is 1.14 bits per heavy atom. The number of nitrogens with zero attached hydrogens (tertiary/aromatic N) is 3. The van der Waals surface area contributed by atoms with Crippen molar-refractivity contribution < 1.29 is 27.5 Å². The number of likely N-dealkylation sites (N-methyl/N-ethyl adjacent to an activating group) is 1. The normalized spacial score (nSPS) is 15.9. The second kappa shape index (κ2) is 21.4. The van der Waals surface area contributed by atoms with Gasteiger partial charge in [0.15, 0.2) is 17.4 Å². The van der Waals surface area contributed by atoms with Crippen LogP contribution in [0.4, 0.5) is 17.6 Å². The van der Waals surface area contributed by atoms with E-state index in [4.69, 9.17) is 10.6 Å². The molecule has 0 aliphatic carbocycles. The third-order valence-corrected chi connectivity index (χ3v) is 5.33. The Balaban J connectivity index is 0. The quantitative estimate of drug-likeness (QED) is 0.0982. The van der Waals surface area contributed by atoms with Crippen molar-refractivity contribution in [3.05, 3.63) is 54.8 Å². The summed E-state index contributed by atoms with van der Waals surface area (Å²) in [5.74, 6) is -8.46. The lowest BCUT2D eigenvalue weighted by Crippen LogP contribution is -2.52. The average Bonchev–Trinajstić information content (AvgIpc) is 2.85. The van der Waals surface area contributed by atoms with E-state index in [2.05, 4.69) is 80.0 Å². The summed E-state index contributed by atoms with van der Waals surface area (Å²) in [5.41, 5.74) is 6.10. The molecular weight excluding hydrogens is 488 g/mol. The fourth-order valence-corrected chi connectivity index (χ4v) is 3.17. The van der Waals surface area contributed by atoms with Gasteiger partial charge in [-0.05, 0) is 47.4 Å². The Hall–Kier alpha value is -2.72. The van der Waals surface area contributed by atoms with Crippen LogP contribution in [0.25, 0.3) is 0 Å². The van der Waals surface area contributed by atoms with E-state index in [1.807, 2.05) is 0 Å². The summed E-state index contributed by atoms with van der Waals surface area (Å²) in [7, 11) is 2.20. The Kier molecular flexibility index (Phi) is 21.0. The molecule has 1 saturated heterocycles. The maximum absolute atomic E-state index is 12.1. The minimum absolute atomic E-state index is 0.0182. The zero-order valence-corrected chi connectivity index (χ0v) is 23.0. The van der Waals surface area contributed by atoms with Crippen molar-refractivity contribution in [3.63, 3.8) is 0 Å². The Labute approximate surface area is 219 Å². The number of halogens is 4. The van der Waals surface area contributed by atoms with E-state index in [1.165, 1.54) is 38.3 Å². The highest BCUT2D eigenvalue weighted by Crippen LogP contribution is 2.24. The largest absolute Gasteiger partial charge is 0.503 e. The highest BCUT2D eigenvalue weighted by atomic mass is 19.2. The minimum atomic E-state index is -1.79. The lowest BCUT2D eigenvalue weighted by molar-refractivity contribution is -0.111. The molecule has 1 heterocycles. The van der Waals surface area contributed by atoms with Gasteiger partial charge in [-0.15, -0.1) is 0 Å². The smallest absolute Gasteiger partial charge is 0.329 e. The Morgan fingerprint density at radius 3 is 2.08 bits per heavy atom. The summed E-state index contributed by atoms with van der Waals surface area (Å²) < 4.78 is 48.4. The van der Waals surface area contributed by atoms with Crippen molar-refractivity contribution in [2.75, 3.05) is 39.8 Å². The maximum Gasteiger partial charge on any atom is 0.329 e. The maximum atomic E-state index is 12.1. The summed E-state index contributed by atoms with van der Waals surface area (Å²) >= 11 is 0. The molecular formula is C26H45F4N6O+. The lowest BCUT2D eigenvalue weighted by Gasteiger charge is -2.40. The van der Waals surface area contributed by atoms with Crippen LogP contribution in [0.5, 0.6) is 5.75 Å². The van der Waals surface area contributed by atoms with Crippen LogP contribution in [-0.2, 0) is 0 Å². The van der Waals surface area contributed by atoms with E-state index >= 15 is 0 Å². The van der Waals surface area contributed by atoms with E-state index in [-0.39, 0.29) is 6.07 Å². The van der Waals surface area contributed by atoms with Crippen molar-refractivity contribution >= 4 is 6.21 Å². The van der Waals surface area contributed by atoms with Crippen LogP contribution < -0.4 is 10.6 Å². The number of allylic oxidation sites excluding steroid dienone is 1. The summed E-state index contributed by atoms with van der Waals surface area (Å²) in [6.07, 6.45) is 5.67. The van der Waals surface area contributed by atoms with Crippen molar-refractivity contribution in [2.45, 2.75) is 59.2 Å². The summed E-state index contributed by atoms with van der Waals surface area (Å²) in [6, 6.07) is 2.09. The third kappa shape index (κ3) is 16.6. The highest BCUT2D eigenvalue weighted by molar-refractivity contribution is 5.63. The highest BCUT2D eigenvalue weighted by Gasteiger charge is 2.22. The number of benzene rings is 1. The fraction of sp³-hybridized carbons (Fsp3) is 0.577. The molecule has 37 heavy (non-hydrogen) atoms. The molecule has 0 amide bonds. The number of hydrogen-bond donors (Lipinski definition) is 4. The van der Waals surface area contributed by atoms with Gasteiger partial charge in [-0.3, -0.25) is 4.90 Å². The van der Waals surface area contributed by atoms with Crippen LogP contribution in [0.3, 0.4) is 0 Å². The molecule has 7 nitrogen and oxygen atoms in total. The van der Waals surface area contributed by atoms with E-state index in [9.17, 15) is 17.6 Å². The second-order valence-corrected chi connectivity index (χ2v) is 8.70. The average molecular weight is 534 g/mol. The van der Waals surface area contributed by atoms with Crippen molar-refractivity contribution in [1.29, 1.82) is 5.53 Å². The molecule has 2 unspecified atom stereocenters. The van der Waals surface area contributed by atoms with Crippen LogP contribution in [0.1, 0.15) is 41.0 Å². The number of hydrogen-bond acceptors (Lipinski definition) is 6. The van der Waals surface area contributed by atoms with Crippen LogP contribution in [-0.4, -0.2) is 83.8 Å². The molecule has 2 rings (SSSR count). The standard InChI is InChI=1S/C9H20N2.C8H18N2.C6H2F4O.C3H5N2/c1-8(2)11-6-5-10(4)7-9(11)3;1-4-8(3)10-7-6-9-5-2;7-2-1-3(8)5(10)6(11)4(2)9;1-2-3-5-4/h8-9H,5-7H2,1-4H3;5,8-10H,2,4,6-7H2,1,3H3;1,11H;2-4H,1H2/q;;;+1. The van der Waals surface area contributed by atoms with E-state index in [0.717, 1.165) is 19.1 Å². The molecule has 1 fully saturated rings. The van der Waals surface area contributed by atoms with Crippen molar-refractivity contribution in [2.24, 2.45) is 0 Å². The van der Waals surface area contributed by atoms with Gasteiger partial charge in [0, 0.05) is 67.8 Å². The first-order valence-corrected chi connectivity index (χ1v) is 12.2. The molecule has 2 atom stereocenters. The number of phenols is 1. The van der Waals surface area contributed by atoms with E-state index in [0.29, 0.717) is 12.1 Å². The summed E-state index contributed by atoms with van der Waals surface area (Å²) in [5, 5.41) is 14.7. The predicted molar refractivity (Wildman–Crippen MR) is 142 cm³/mol. The monoisotopic (exact) mass is 533 g/mol. The van der Waals surface area contributed by atoms with Crippen molar-refractivity contribution in [1.82, 2.24) is 20.4 Å². The van der Waals surface area contributed by atoms with Crippen LogP contribution in [0, 0.1) is 28.8 Å². The number of phenolic OH excluding ortho intramolecular Hbond substituents is 1. The van der Waals surface area contributed by atoms with Gasteiger partial charge in [0.05, 0.1) is 5.53 Å². The van der Waals surface area contributed by atoms with Gasteiger partial charge < -0.3 is 20.6 Å². The van der Waals surface area contributed by atoms with E-state index < -0.39 is 29.0 Å². The molecule has 1 aliphatic heterocycles. The van der Waals surface area contributed by atoms with Gasteiger partial charge >= 0.3 is 6.21 Å². The molecule has 0 saturated carbocycles. The molecule has 0 spiro atoms. The summed E-state index contributed by atoms with van der Waals surface area (Å²) in [4.78, 5) is 7.84. The second-order valence-electron chi connectivity index (χ2n) is 8.70. The first kappa shape index (κ1) is 36.4. The zero-order valence-electron chi connectivity index (χ0n) is 23.0. The van der Waals surface area contributed by atoms with Gasteiger partial charge in [-0.2, -0.15) is 8.78 Å². The molecule has 11 heteroatoms. The first-order valence-electron chi connectivity index (χ1n) is 12.2. The number of piperazine rings is 1. The molecule has 212 valence electrons. The van der Waals surface area contributed by atoms with E-state index in [1.54, 1.807) is 6.20 Å². The Bertz CT molecular complexity index is 808. The predicted octanol–water partition coefficient (Wildman–Crippen LogP) is 4.57. The number of nitrogens with one attached hydrogen (secondary N) is 3. The SMILES string of the molecule is C=CC=[N+]=N.C=CNCCNC(C)CC.CC(C)N1CCN(C)CC1C.Oc1c(F)c(F)cc(F)c1F. The van der Waals surface area contributed by atoms with Gasteiger partial charge in [-0.1, -0.05) is 20.1 Å². The number of rotatable bonds is 8. The molecule has 1 aromatic carbocycles. The lowest BCUT2D eigenvalue weighted by atomic mass is 10.1.